The van der Waals surface area contributed by atoms with Gasteiger partial charge < -0.3 is 5.32 Å². The van der Waals surface area contributed by atoms with Crippen LogP contribution >= 0.6 is 0 Å². The van der Waals surface area contributed by atoms with E-state index in [0.29, 0.717) is 0 Å². The Kier molecular flexibility index (Phi) is 5.00. The van der Waals surface area contributed by atoms with E-state index in [2.05, 4.69) is 49.6 Å². The molecule has 0 atom stereocenters. The van der Waals surface area contributed by atoms with E-state index >= 15 is 0 Å². The first-order valence-electron chi connectivity index (χ1n) is 7.22. The maximum atomic E-state index is 3.34. The smallest absolute Gasteiger partial charge is 0.0167 e. The summed E-state index contributed by atoms with van der Waals surface area (Å²) in [7, 11) is 2.05. The summed E-state index contributed by atoms with van der Waals surface area (Å²) < 4.78 is 0. The summed E-state index contributed by atoms with van der Waals surface area (Å²) in [5, 5.41) is 3.34. The summed E-state index contributed by atoms with van der Waals surface area (Å²) >= 11 is 0. The molecule has 1 saturated carbocycles. The lowest BCUT2D eigenvalue weighted by atomic mass is 9.82. The van der Waals surface area contributed by atoms with Gasteiger partial charge in [-0.25, -0.2) is 0 Å². The number of hydrogen-bond acceptors (Lipinski definition) is 1. The summed E-state index contributed by atoms with van der Waals surface area (Å²) in [5.41, 5.74) is 4.35. The molecule has 0 aliphatic heterocycles. The van der Waals surface area contributed by atoms with Gasteiger partial charge in [0.2, 0.25) is 0 Å². The largest absolute Gasteiger partial charge is 0.316 e. The van der Waals surface area contributed by atoms with Gasteiger partial charge in [-0.15, -0.1) is 0 Å². The second-order valence-electron chi connectivity index (χ2n) is 5.44. The van der Waals surface area contributed by atoms with Crippen LogP contribution in [-0.4, -0.2) is 13.6 Å². The molecule has 1 aromatic carbocycles. The number of aryl methyl sites for hydroxylation is 1. The second kappa shape index (κ2) is 6.75. The molecule has 1 heteroatoms. The van der Waals surface area contributed by atoms with Crippen LogP contribution in [0.1, 0.15) is 43.2 Å². The van der Waals surface area contributed by atoms with Crippen LogP contribution in [0.25, 0.3) is 6.08 Å². The van der Waals surface area contributed by atoms with Gasteiger partial charge in [-0.2, -0.15) is 0 Å². The predicted molar refractivity (Wildman–Crippen MR) is 79.7 cm³/mol. The maximum absolute atomic E-state index is 3.34. The lowest BCUT2D eigenvalue weighted by Gasteiger charge is -2.25. The van der Waals surface area contributed by atoms with E-state index in [9.17, 15) is 0 Å². The van der Waals surface area contributed by atoms with E-state index in [4.69, 9.17) is 0 Å². The molecule has 1 nitrogen and oxygen atoms in total. The third-order valence-corrected chi connectivity index (χ3v) is 4.04. The quantitative estimate of drug-likeness (QED) is 0.836. The van der Waals surface area contributed by atoms with E-state index in [1.807, 2.05) is 0 Å². The summed E-state index contributed by atoms with van der Waals surface area (Å²) in [6, 6.07) is 8.68. The lowest BCUT2D eigenvalue weighted by Crippen LogP contribution is -2.19. The molecule has 0 saturated heterocycles. The van der Waals surface area contributed by atoms with Gasteiger partial charge in [-0.1, -0.05) is 55.2 Å². The minimum atomic E-state index is 0.797. The Hall–Kier alpha value is -1.08. The Balaban J connectivity index is 2.20. The Morgan fingerprint density at radius 3 is 2.61 bits per heavy atom. The SMILES string of the molecule is CNCC(=Cc1ccccc1C)C1CCCCC1. The van der Waals surface area contributed by atoms with Crippen molar-refractivity contribution >= 4 is 6.08 Å². The van der Waals surface area contributed by atoms with Gasteiger partial charge >= 0.3 is 0 Å². The summed E-state index contributed by atoms with van der Waals surface area (Å²) in [6.45, 7) is 3.22. The van der Waals surface area contributed by atoms with Crippen LogP contribution in [0.5, 0.6) is 0 Å². The third kappa shape index (κ3) is 3.46. The molecule has 0 aromatic heterocycles. The Morgan fingerprint density at radius 2 is 1.94 bits per heavy atom. The molecule has 1 aromatic rings. The van der Waals surface area contributed by atoms with Crippen molar-refractivity contribution in [2.45, 2.75) is 39.0 Å². The van der Waals surface area contributed by atoms with Crippen molar-refractivity contribution in [2.24, 2.45) is 5.92 Å². The molecular weight excluding hydrogens is 218 g/mol. The number of hydrogen-bond donors (Lipinski definition) is 1. The number of likely N-dealkylation sites (N-methyl/N-ethyl adjacent to an activating group) is 1. The Morgan fingerprint density at radius 1 is 1.22 bits per heavy atom. The predicted octanol–water partition coefficient (Wildman–Crippen LogP) is 4.18. The van der Waals surface area contributed by atoms with Crippen molar-refractivity contribution in [2.75, 3.05) is 13.6 Å². The zero-order chi connectivity index (χ0) is 12.8. The summed E-state index contributed by atoms with van der Waals surface area (Å²) in [4.78, 5) is 0. The van der Waals surface area contributed by atoms with Gasteiger partial charge in [0.15, 0.2) is 0 Å². The van der Waals surface area contributed by atoms with Crippen LogP contribution in [0.2, 0.25) is 0 Å². The fraction of sp³-hybridized carbons (Fsp3) is 0.529. The zero-order valence-electron chi connectivity index (χ0n) is 11.7. The Bertz CT molecular complexity index is 400. The molecular formula is C17H25N. The van der Waals surface area contributed by atoms with Crippen LogP contribution in [-0.2, 0) is 0 Å². The normalized spacial score (nSPS) is 18.0. The van der Waals surface area contributed by atoms with Crippen LogP contribution in [0, 0.1) is 12.8 Å². The highest BCUT2D eigenvalue weighted by Gasteiger charge is 2.17. The van der Waals surface area contributed by atoms with Crippen LogP contribution in [0.3, 0.4) is 0 Å². The first-order valence-corrected chi connectivity index (χ1v) is 7.22. The molecule has 1 N–H and O–H groups in total. The van der Waals surface area contributed by atoms with Gasteiger partial charge in [-0.05, 0) is 43.9 Å². The number of rotatable bonds is 4. The lowest BCUT2D eigenvalue weighted by molar-refractivity contribution is 0.398. The zero-order valence-corrected chi connectivity index (χ0v) is 11.7. The van der Waals surface area contributed by atoms with Crippen LogP contribution < -0.4 is 5.32 Å². The van der Waals surface area contributed by atoms with E-state index in [-0.39, 0.29) is 0 Å². The van der Waals surface area contributed by atoms with E-state index in [1.54, 1.807) is 5.57 Å². The van der Waals surface area contributed by atoms with Gasteiger partial charge in [-0.3, -0.25) is 0 Å². The van der Waals surface area contributed by atoms with Crippen molar-refractivity contribution < 1.29 is 0 Å². The minimum Gasteiger partial charge on any atom is -0.316 e. The number of benzene rings is 1. The third-order valence-electron chi connectivity index (χ3n) is 4.04. The average molecular weight is 243 g/mol. The molecule has 0 bridgehead atoms. The molecule has 0 radical (unpaired) electrons. The van der Waals surface area contributed by atoms with E-state index in [0.717, 1.165) is 12.5 Å². The fourth-order valence-electron chi connectivity index (χ4n) is 2.94. The first kappa shape index (κ1) is 13.4. The first-order chi connectivity index (χ1) is 8.81. The highest BCUT2D eigenvalue weighted by atomic mass is 14.8. The van der Waals surface area contributed by atoms with E-state index < -0.39 is 0 Å². The fourth-order valence-corrected chi connectivity index (χ4v) is 2.94. The maximum Gasteiger partial charge on any atom is 0.0167 e. The molecule has 0 spiro atoms. The standard InChI is InChI=1S/C17H25N/c1-14-8-6-7-11-16(14)12-17(13-18-2)15-9-4-3-5-10-15/h6-8,11-12,15,18H,3-5,9-10,13H2,1-2H3. The molecule has 0 amide bonds. The Labute approximate surface area is 111 Å². The van der Waals surface area contributed by atoms with Crippen molar-refractivity contribution in [3.63, 3.8) is 0 Å². The highest BCUT2D eigenvalue weighted by molar-refractivity contribution is 5.57. The van der Waals surface area contributed by atoms with Crippen molar-refractivity contribution in [1.82, 2.24) is 5.32 Å². The summed E-state index contributed by atoms with van der Waals surface area (Å²) in [6.07, 6.45) is 9.40. The molecule has 1 fully saturated rings. The van der Waals surface area contributed by atoms with Gasteiger partial charge in [0, 0.05) is 6.54 Å². The number of nitrogens with one attached hydrogen (secondary N) is 1. The topological polar surface area (TPSA) is 12.0 Å². The van der Waals surface area contributed by atoms with Crippen LogP contribution in [0.4, 0.5) is 0 Å². The van der Waals surface area contributed by atoms with Gasteiger partial charge in [0.1, 0.15) is 0 Å². The average Bonchev–Trinajstić information content (AvgIpc) is 2.42. The molecule has 1 aliphatic rings. The molecule has 98 valence electrons. The van der Waals surface area contributed by atoms with Gasteiger partial charge in [0.05, 0.1) is 0 Å². The molecule has 1 aliphatic carbocycles. The van der Waals surface area contributed by atoms with E-state index in [1.165, 1.54) is 43.2 Å². The molecule has 0 heterocycles. The van der Waals surface area contributed by atoms with Crippen LogP contribution in [0.15, 0.2) is 29.8 Å². The van der Waals surface area contributed by atoms with Crippen molar-refractivity contribution in [3.8, 4) is 0 Å². The molecule has 0 unspecified atom stereocenters. The molecule has 2 rings (SSSR count). The summed E-state index contributed by atoms with van der Waals surface area (Å²) in [5.74, 6) is 0.797. The second-order valence-corrected chi connectivity index (χ2v) is 5.44. The molecule has 18 heavy (non-hydrogen) atoms. The van der Waals surface area contributed by atoms with Gasteiger partial charge in [0.25, 0.3) is 0 Å². The highest BCUT2D eigenvalue weighted by Crippen LogP contribution is 2.30. The van der Waals surface area contributed by atoms with Crippen molar-refractivity contribution in [1.29, 1.82) is 0 Å². The monoisotopic (exact) mass is 243 g/mol. The van der Waals surface area contributed by atoms with Crippen molar-refractivity contribution in [3.05, 3.63) is 41.0 Å². The minimum absolute atomic E-state index is 0.797.